The largest absolute Gasteiger partial charge is 0.393 e. The second-order valence-corrected chi connectivity index (χ2v) is 7.90. The summed E-state index contributed by atoms with van der Waals surface area (Å²) in [4.78, 5) is 18.1. The fourth-order valence-corrected chi connectivity index (χ4v) is 4.37. The number of aliphatic hydroxyl groups is 1. The molecular formula is C21H25N5O2. The SMILES string of the molecule is O=C(c1cc2ccccc2[nH]1)N1CCn2nc(N[C@H]3CCC[C@@H](O)C3)cc2C1. The number of nitrogens with zero attached hydrogens (tertiary/aromatic N) is 3. The summed E-state index contributed by atoms with van der Waals surface area (Å²) in [7, 11) is 0. The highest BCUT2D eigenvalue weighted by atomic mass is 16.3. The lowest BCUT2D eigenvalue weighted by Gasteiger charge is -2.27. The van der Waals surface area contributed by atoms with Crippen LogP contribution in [0, 0.1) is 0 Å². The lowest BCUT2D eigenvalue weighted by molar-refractivity contribution is 0.0701. The Labute approximate surface area is 163 Å². The molecule has 5 rings (SSSR count). The Morgan fingerprint density at radius 2 is 2.11 bits per heavy atom. The third-order valence-corrected chi connectivity index (χ3v) is 5.84. The molecule has 0 spiro atoms. The molecule has 1 aliphatic carbocycles. The van der Waals surface area contributed by atoms with Gasteiger partial charge in [0.1, 0.15) is 11.5 Å². The normalized spacial score (nSPS) is 22.2. The summed E-state index contributed by atoms with van der Waals surface area (Å²) in [5, 5.41) is 19.0. The van der Waals surface area contributed by atoms with Crippen molar-refractivity contribution in [1.29, 1.82) is 0 Å². The summed E-state index contributed by atoms with van der Waals surface area (Å²) in [5.74, 6) is 0.863. The lowest BCUT2D eigenvalue weighted by atomic mass is 9.93. The number of amides is 1. The van der Waals surface area contributed by atoms with Gasteiger partial charge < -0.3 is 20.3 Å². The zero-order chi connectivity index (χ0) is 19.1. The molecule has 3 N–H and O–H groups in total. The average molecular weight is 379 g/mol. The van der Waals surface area contributed by atoms with Gasteiger partial charge in [-0.2, -0.15) is 5.10 Å². The van der Waals surface area contributed by atoms with Gasteiger partial charge in [0.25, 0.3) is 5.91 Å². The summed E-state index contributed by atoms with van der Waals surface area (Å²) in [6.45, 7) is 1.89. The van der Waals surface area contributed by atoms with Crippen LogP contribution in [-0.2, 0) is 13.1 Å². The summed E-state index contributed by atoms with van der Waals surface area (Å²) >= 11 is 0. The number of carbonyl (C=O) groups is 1. The fraction of sp³-hybridized carbons (Fsp3) is 0.429. The minimum atomic E-state index is -0.215. The standard InChI is InChI=1S/C21H25N5O2/c27-17-6-3-5-15(11-17)22-20-12-16-13-25(8-9-26(16)24-20)21(28)19-10-14-4-1-2-7-18(14)23-19/h1-2,4,7,10,12,15,17,23,27H,3,5-6,8-9,11,13H2,(H,22,24)/t15-,17+/m0/s1. The van der Waals surface area contributed by atoms with Crippen molar-refractivity contribution < 1.29 is 9.90 Å². The predicted octanol–water partition coefficient (Wildman–Crippen LogP) is 2.74. The molecule has 0 saturated heterocycles. The highest BCUT2D eigenvalue weighted by molar-refractivity contribution is 5.98. The molecule has 2 aromatic heterocycles. The van der Waals surface area contributed by atoms with Crippen molar-refractivity contribution in [2.75, 3.05) is 11.9 Å². The van der Waals surface area contributed by atoms with Gasteiger partial charge in [-0.3, -0.25) is 9.48 Å². The van der Waals surface area contributed by atoms with E-state index >= 15 is 0 Å². The lowest BCUT2D eigenvalue weighted by Crippen LogP contribution is -2.38. The van der Waals surface area contributed by atoms with E-state index in [1.54, 1.807) is 0 Å². The molecule has 2 aliphatic rings. The van der Waals surface area contributed by atoms with Crippen molar-refractivity contribution in [3.63, 3.8) is 0 Å². The van der Waals surface area contributed by atoms with E-state index in [-0.39, 0.29) is 18.1 Å². The monoisotopic (exact) mass is 379 g/mol. The molecule has 7 heteroatoms. The van der Waals surface area contributed by atoms with Crippen molar-refractivity contribution in [2.24, 2.45) is 0 Å². The van der Waals surface area contributed by atoms with Crippen LogP contribution in [0.1, 0.15) is 41.9 Å². The number of rotatable bonds is 3. The molecule has 7 nitrogen and oxygen atoms in total. The van der Waals surface area contributed by atoms with Crippen LogP contribution in [-0.4, -0.2) is 49.4 Å². The van der Waals surface area contributed by atoms with E-state index in [0.717, 1.165) is 48.1 Å². The first-order chi connectivity index (χ1) is 13.7. The number of nitrogens with one attached hydrogen (secondary N) is 2. The van der Waals surface area contributed by atoms with E-state index in [4.69, 9.17) is 0 Å². The van der Waals surface area contributed by atoms with E-state index < -0.39 is 0 Å². The van der Waals surface area contributed by atoms with Crippen LogP contribution in [0.15, 0.2) is 36.4 Å². The number of hydrogen-bond acceptors (Lipinski definition) is 4. The van der Waals surface area contributed by atoms with E-state index in [2.05, 4.69) is 15.4 Å². The summed E-state index contributed by atoms with van der Waals surface area (Å²) in [5.41, 5.74) is 2.65. The van der Waals surface area contributed by atoms with Gasteiger partial charge in [-0.25, -0.2) is 0 Å². The first kappa shape index (κ1) is 17.3. The Morgan fingerprint density at radius 3 is 2.96 bits per heavy atom. The van der Waals surface area contributed by atoms with E-state index in [1.807, 2.05) is 46.0 Å². The van der Waals surface area contributed by atoms with E-state index in [0.29, 0.717) is 25.3 Å². The van der Waals surface area contributed by atoms with Gasteiger partial charge in [-0.05, 0) is 37.8 Å². The number of para-hydroxylation sites is 1. The molecule has 1 amide bonds. The number of H-pyrrole nitrogens is 1. The third kappa shape index (κ3) is 3.26. The molecule has 0 radical (unpaired) electrons. The number of fused-ring (bicyclic) bond motifs is 2. The zero-order valence-electron chi connectivity index (χ0n) is 15.8. The van der Waals surface area contributed by atoms with Crippen molar-refractivity contribution in [2.45, 2.75) is 50.9 Å². The van der Waals surface area contributed by atoms with Gasteiger partial charge in [0.2, 0.25) is 0 Å². The van der Waals surface area contributed by atoms with E-state index in [9.17, 15) is 9.90 Å². The first-order valence-electron chi connectivity index (χ1n) is 10.0. The van der Waals surface area contributed by atoms with Gasteiger partial charge in [-0.1, -0.05) is 18.2 Å². The maximum Gasteiger partial charge on any atom is 0.270 e. The Hall–Kier alpha value is -2.80. The van der Waals surface area contributed by atoms with Crippen LogP contribution in [0.2, 0.25) is 0 Å². The Balaban J connectivity index is 1.29. The van der Waals surface area contributed by atoms with Gasteiger partial charge in [0, 0.05) is 29.6 Å². The quantitative estimate of drug-likeness (QED) is 0.653. The predicted molar refractivity (Wildman–Crippen MR) is 107 cm³/mol. The van der Waals surface area contributed by atoms with Gasteiger partial charge in [0.05, 0.1) is 24.9 Å². The second-order valence-electron chi connectivity index (χ2n) is 7.90. The Bertz CT molecular complexity index is 974. The minimum Gasteiger partial charge on any atom is -0.393 e. The minimum absolute atomic E-state index is 0.0218. The Morgan fingerprint density at radius 1 is 1.21 bits per heavy atom. The summed E-state index contributed by atoms with van der Waals surface area (Å²) < 4.78 is 1.98. The van der Waals surface area contributed by atoms with Gasteiger partial charge in [-0.15, -0.1) is 0 Å². The van der Waals surface area contributed by atoms with Crippen LogP contribution < -0.4 is 5.32 Å². The van der Waals surface area contributed by atoms with Crippen LogP contribution in [0.3, 0.4) is 0 Å². The van der Waals surface area contributed by atoms with Crippen LogP contribution >= 0.6 is 0 Å². The first-order valence-corrected chi connectivity index (χ1v) is 10.0. The topological polar surface area (TPSA) is 86.2 Å². The van der Waals surface area contributed by atoms with Crippen LogP contribution in [0.25, 0.3) is 10.9 Å². The fourth-order valence-electron chi connectivity index (χ4n) is 4.37. The maximum absolute atomic E-state index is 13.0. The smallest absolute Gasteiger partial charge is 0.270 e. The highest BCUT2D eigenvalue weighted by Crippen LogP contribution is 2.24. The average Bonchev–Trinajstić information content (AvgIpc) is 3.30. The summed E-state index contributed by atoms with van der Waals surface area (Å²) in [6, 6.07) is 12.2. The number of anilines is 1. The van der Waals surface area contributed by atoms with Crippen molar-refractivity contribution in [3.05, 3.63) is 47.8 Å². The molecule has 28 heavy (non-hydrogen) atoms. The molecule has 3 aromatic rings. The molecule has 1 fully saturated rings. The molecule has 146 valence electrons. The van der Waals surface area contributed by atoms with Crippen molar-refractivity contribution in [1.82, 2.24) is 19.7 Å². The van der Waals surface area contributed by atoms with Crippen molar-refractivity contribution in [3.8, 4) is 0 Å². The molecule has 1 aliphatic heterocycles. The number of benzene rings is 1. The number of aromatic amines is 1. The molecular weight excluding hydrogens is 354 g/mol. The zero-order valence-corrected chi connectivity index (χ0v) is 15.8. The number of carbonyl (C=O) groups excluding carboxylic acids is 1. The molecule has 0 unspecified atom stereocenters. The molecule has 0 bridgehead atoms. The maximum atomic E-state index is 13.0. The number of aliphatic hydroxyl groups excluding tert-OH is 1. The van der Waals surface area contributed by atoms with E-state index in [1.165, 1.54) is 0 Å². The second kappa shape index (κ2) is 6.98. The van der Waals surface area contributed by atoms with Crippen LogP contribution in [0.4, 0.5) is 5.82 Å². The van der Waals surface area contributed by atoms with Crippen LogP contribution in [0.5, 0.6) is 0 Å². The molecule has 3 heterocycles. The van der Waals surface area contributed by atoms with Gasteiger partial charge >= 0.3 is 0 Å². The van der Waals surface area contributed by atoms with Gasteiger partial charge in [0.15, 0.2) is 0 Å². The highest BCUT2D eigenvalue weighted by Gasteiger charge is 2.26. The molecule has 1 saturated carbocycles. The Kier molecular flexibility index (Phi) is 4.31. The van der Waals surface area contributed by atoms with Crippen molar-refractivity contribution >= 4 is 22.6 Å². The third-order valence-electron chi connectivity index (χ3n) is 5.84. The molecule has 1 aromatic carbocycles. The number of aromatic nitrogens is 3. The number of hydrogen-bond donors (Lipinski definition) is 3. The molecule has 2 atom stereocenters. The summed E-state index contributed by atoms with van der Waals surface area (Å²) in [6.07, 6.45) is 3.55.